The summed E-state index contributed by atoms with van der Waals surface area (Å²) in [6.45, 7) is 0. The van der Waals surface area contributed by atoms with Gasteiger partial charge < -0.3 is 4.74 Å². The van der Waals surface area contributed by atoms with Gasteiger partial charge in [0.25, 0.3) is 0 Å². The summed E-state index contributed by atoms with van der Waals surface area (Å²) >= 11 is 3.50. The van der Waals surface area contributed by atoms with Gasteiger partial charge in [-0.3, -0.25) is 16.3 Å². The molecule has 1 heterocycles. The van der Waals surface area contributed by atoms with Gasteiger partial charge >= 0.3 is 0 Å². The zero-order valence-electron chi connectivity index (χ0n) is 11.3. The van der Waals surface area contributed by atoms with Crippen LogP contribution in [0.4, 0.5) is 0 Å². The number of halogens is 1. The van der Waals surface area contributed by atoms with E-state index >= 15 is 0 Å². The summed E-state index contributed by atoms with van der Waals surface area (Å²) < 4.78 is 6.18. The summed E-state index contributed by atoms with van der Waals surface area (Å²) in [5.74, 6) is 6.49. The molecule has 2 aromatic rings. The first-order valence-corrected chi connectivity index (χ1v) is 7.19. The van der Waals surface area contributed by atoms with Crippen LogP contribution in [-0.2, 0) is 12.8 Å². The van der Waals surface area contributed by atoms with Crippen LogP contribution >= 0.6 is 15.9 Å². The Kier molecular flexibility index (Phi) is 5.52. The minimum atomic E-state index is 0.166. The molecule has 4 nitrogen and oxygen atoms in total. The van der Waals surface area contributed by atoms with Crippen LogP contribution < -0.4 is 16.0 Å². The van der Waals surface area contributed by atoms with E-state index in [9.17, 15) is 0 Å². The second-order valence-corrected chi connectivity index (χ2v) is 5.46. The number of nitrogens with zero attached hydrogens (tertiary/aromatic N) is 1. The highest BCUT2D eigenvalue weighted by molar-refractivity contribution is 9.10. The Bertz CT molecular complexity index is 548. The average Bonchev–Trinajstić information content (AvgIpc) is 2.48. The summed E-state index contributed by atoms with van der Waals surface area (Å²) in [7, 11) is 1.66. The van der Waals surface area contributed by atoms with Crippen molar-refractivity contribution in [3.63, 3.8) is 0 Å². The van der Waals surface area contributed by atoms with Crippen molar-refractivity contribution in [2.24, 2.45) is 5.84 Å². The molecule has 0 amide bonds. The molecule has 1 unspecified atom stereocenters. The van der Waals surface area contributed by atoms with Crippen molar-refractivity contribution in [1.29, 1.82) is 0 Å². The Morgan fingerprint density at radius 2 is 2.10 bits per heavy atom. The highest BCUT2D eigenvalue weighted by atomic mass is 79.9. The smallest absolute Gasteiger partial charge is 0.133 e. The number of nitrogens with two attached hydrogens (primary N) is 1. The molecular formula is C15H18BrN3O. The van der Waals surface area contributed by atoms with Crippen LogP contribution in [0, 0.1) is 0 Å². The van der Waals surface area contributed by atoms with Crippen molar-refractivity contribution in [3.05, 3.63) is 58.3 Å². The fourth-order valence-corrected chi connectivity index (χ4v) is 2.70. The molecule has 20 heavy (non-hydrogen) atoms. The normalized spacial score (nSPS) is 12.2. The van der Waals surface area contributed by atoms with E-state index in [2.05, 4.69) is 44.5 Å². The molecule has 0 saturated heterocycles. The fraction of sp³-hybridized carbons (Fsp3) is 0.267. The number of benzene rings is 1. The number of methoxy groups -OCH3 is 1. The zero-order chi connectivity index (χ0) is 14.4. The maximum absolute atomic E-state index is 5.66. The van der Waals surface area contributed by atoms with E-state index in [0.717, 1.165) is 23.1 Å². The zero-order valence-corrected chi connectivity index (χ0v) is 12.9. The number of hydrogen-bond donors (Lipinski definition) is 2. The molecule has 0 radical (unpaired) electrons. The van der Waals surface area contributed by atoms with Crippen molar-refractivity contribution >= 4 is 15.9 Å². The quantitative estimate of drug-likeness (QED) is 0.628. The summed E-state index contributed by atoms with van der Waals surface area (Å²) in [5, 5.41) is 0. The van der Waals surface area contributed by atoms with Gasteiger partial charge in [0.2, 0.25) is 0 Å². The molecule has 0 aliphatic rings. The maximum Gasteiger partial charge on any atom is 0.133 e. The van der Waals surface area contributed by atoms with Crippen molar-refractivity contribution in [2.75, 3.05) is 7.11 Å². The molecule has 1 aromatic carbocycles. The molecule has 0 aliphatic carbocycles. The summed E-state index contributed by atoms with van der Waals surface area (Å²) in [6, 6.07) is 10.2. The number of hydrogen-bond acceptors (Lipinski definition) is 4. The summed E-state index contributed by atoms with van der Waals surface area (Å²) in [5.41, 5.74) is 5.24. The topological polar surface area (TPSA) is 60.2 Å². The highest BCUT2D eigenvalue weighted by Gasteiger charge is 2.10. The summed E-state index contributed by atoms with van der Waals surface area (Å²) in [4.78, 5) is 4.12. The third-order valence-electron chi connectivity index (χ3n) is 3.14. The molecule has 0 saturated carbocycles. The Balaban J connectivity index is 2.04. The molecule has 1 atom stereocenters. The van der Waals surface area contributed by atoms with Crippen molar-refractivity contribution in [2.45, 2.75) is 18.9 Å². The van der Waals surface area contributed by atoms with Crippen LogP contribution in [0.25, 0.3) is 0 Å². The highest BCUT2D eigenvalue weighted by Crippen LogP contribution is 2.26. The predicted octanol–water partition coefficient (Wildman–Crippen LogP) is 2.47. The van der Waals surface area contributed by atoms with E-state index in [0.29, 0.717) is 0 Å². The van der Waals surface area contributed by atoms with Gasteiger partial charge in [0, 0.05) is 18.4 Å². The van der Waals surface area contributed by atoms with Crippen LogP contribution in [0.5, 0.6) is 5.75 Å². The molecule has 106 valence electrons. The van der Waals surface area contributed by atoms with Crippen molar-refractivity contribution in [1.82, 2.24) is 10.4 Å². The average molecular weight is 336 g/mol. The molecule has 0 aliphatic heterocycles. The van der Waals surface area contributed by atoms with E-state index in [4.69, 9.17) is 10.6 Å². The number of ether oxygens (including phenoxy) is 1. The molecular weight excluding hydrogens is 318 g/mol. The number of hydrazine groups is 1. The van der Waals surface area contributed by atoms with E-state index in [1.807, 2.05) is 18.3 Å². The van der Waals surface area contributed by atoms with Crippen LogP contribution in [-0.4, -0.2) is 18.1 Å². The van der Waals surface area contributed by atoms with E-state index in [1.54, 1.807) is 13.3 Å². The Morgan fingerprint density at radius 1 is 1.30 bits per heavy atom. The lowest BCUT2D eigenvalue weighted by Gasteiger charge is -2.16. The van der Waals surface area contributed by atoms with Gasteiger partial charge in [-0.15, -0.1) is 0 Å². The molecule has 0 fully saturated rings. The third-order valence-corrected chi connectivity index (χ3v) is 3.76. The minimum Gasteiger partial charge on any atom is -0.496 e. The maximum atomic E-state index is 5.66. The van der Waals surface area contributed by atoms with Gasteiger partial charge in [0.05, 0.1) is 11.6 Å². The SMILES string of the molecule is COc1ccc(CC(Cc2cccnc2)NN)cc1Br. The van der Waals surface area contributed by atoms with Gasteiger partial charge in [-0.05, 0) is 58.1 Å². The molecule has 5 heteroatoms. The van der Waals surface area contributed by atoms with Gasteiger partial charge in [0.15, 0.2) is 0 Å². The second kappa shape index (κ2) is 7.38. The van der Waals surface area contributed by atoms with Gasteiger partial charge in [-0.25, -0.2) is 0 Å². The Labute approximate surface area is 127 Å². The third kappa shape index (κ3) is 4.03. The fourth-order valence-electron chi connectivity index (χ4n) is 2.11. The lowest BCUT2D eigenvalue weighted by Crippen LogP contribution is -2.38. The number of nitrogens with one attached hydrogen (secondary N) is 1. The largest absolute Gasteiger partial charge is 0.496 e. The van der Waals surface area contributed by atoms with Gasteiger partial charge in [0.1, 0.15) is 5.75 Å². The first-order valence-electron chi connectivity index (χ1n) is 6.40. The first kappa shape index (κ1) is 15.0. The lowest BCUT2D eigenvalue weighted by molar-refractivity contribution is 0.412. The van der Waals surface area contributed by atoms with Crippen LogP contribution in [0.1, 0.15) is 11.1 Å². The van der Waals surface area contributed by atoms with Crippen LogP contribution in [0.3, 0.4) is 0 Å². The van der Waals surface area contributed by atoms with Crippen molar-refractivity contribution in [3.8, 4) is 5.75 Å². The molecule has 0 spiro atoms. The second-order valence-electron chi connectivity index (χ2n) is 4.60. The molecule has 2 rings (SSSR count). The standard InChI is InChI=1S/C15H18BrN3O/c1-20-15-5-4-11(9-14(15)16)7-13(19-17)8-12-3-2-6-18-10-12/h2-6,9-10,13,19H,7-8,17H2,1H3. The monoisotopic (exact) mass is 335 g/mol. The number of rotatable bonds is 6. The number of pyridine rings is 1. The molecule has 1 aromatic heterocycles. The first-order chi connectivity index (χ1) is 9.72. The predicted molar refractivity (Wildman–Crippen MR) is 83.5 cm³/mol. The van der Waals surface area contributed by atoms with Crippen molar-refractivity contribution < 1.29 is 4.74 Å². The van der Waals surface area contributed by atoms with Gasteiger partial charge in [-0.1, -0.05) is 12.1 Å². The molecule has 3 N–H and O–H groups in total. The minimum absolute atomic E-state index is 0.166. The van der Waals surface area contributed by atoms with Gasteiger partial charge in [-0.2, -0.15) is 0 Å². The lowest BCUT2D eigenvalue weighted by atomic mass is 10.0. The van der Waals surface area contributed by atoms with Crippen LogP contribution in [0.15, 0.2) is 47.2 Å². The van der Waals surface area contributed by atoms with E-state index < -0.39 is 0 Å². The van der Waals surface area contributed by atoms with E-state index in [-0.39, 0.29) is 6.04 Å². The van der Waals surface area contributed by atoms with Crippen LogP contribution in [0.2, 0.25) is 0 Å². The molecule has 0 bridgehead atoms. The Hall–Kier alpha value is -1.43. The number of aromatic nitrogens is 1. The summed E-state index contributed by atoms with van der Waals surface area (Å²) in [6.07, 6.45) is 5.32. The van der Waals surface area contributed by atoms with E-state index in [1.165, 1.54) is 11.1 Å². The Morgan fingerprint density at radius 3 is 2.70 bits per heavy atom.